The molecule has 1 aromatic heterocycles. The van der Waals surface area contributed by atoms with Crippen molar-refractivity contribution in [3.8, 4) is 0 Å². The van der Waals surface area contributed by atoms with E-state index in [0.29, 0.717) is 27.8 Å². The second kappa shape index (κ2) is 8.15. The maximum absolute atomic E-state index is 12.9. The van der Waals surface area contributed by atoms with E-state index in [-0.39, 0.29) is 11.9 Å². The lowest BCUT2D eigenvalue weighted by Crippen LogP contribution is -2.27. The lowest BCUT2D eigenvalue weighted by molar-refractivity contribution is 0.0938. The van der Waals surface area contributed by atoms with Crippen molar-refractivity contribution in [2.24, 2.45) is 0 Å². The molecule has 1 N–H and O–H groups in total. The molecule has 1 heterocycles. The first-order chi connectivity index (χ1) is 12.9. The van der Waals surface area contributed by atoms with Crippen LogP contribution in [-0.2, 0) is 6.54 Å². The number of aryl methyl sites for hydroxylation is 1. The average Bonchev–Trinajstić information content (AvgIpc) is 2.91. The Morgan fingerprint density at radius 2 is 1.81 bits per heavy atom. The number of aromatic nitrogens is 2. The molecule has 0 fully saturated rings. The highest BCUT2D eigenvalue weighted by Gasteiger charge is 2.21. The molecular formula is C21H21Cl2N3O. The van der Waals surface area contributed by atoms with Gasteiger partial charge in [0, 0.05) is 5.69 Å². The molecule has 27 heavy (non-hydrogen) atoms. The van der Waals surface area contributed by atoms with Crippen LogP contribution in [0.15, 0.2) is 48.5 Å². The third kappa shape index (κ3) is 4.34. The quantitative estimate of drug-likeness (QED) is 0.626. The zero-order valence-electron chi connectivity index (χ0n) is 15.5. The second-order valence-corrected chi connectivity index (χ2v) is 7.37. The first-order valence-electron chi connectivity index (χ1n) is 8.70. The van der Waals surface area contributed by atoms with Gasteiger partial charge in [-0.05, 0) is 44.0 Å². The normalized spacial score (nSPS) is 12.0. The Bertz CT molecular complexity index is 967. The van der Waals surface area contributed by atoms with Crippen molar-refractivity contribution in [2.45, 2.75) is 33.4 Å². The fraction of sp³-hybridized carbons (Fsp3) is 0.238. The largest absolute Gasteiger partial charge is 0.345 e. The van der Waals surface area contributed by atoms with E-state index in [1.165, 1.54) is 0 Å². The van der Waals surface area contributed by atoms with Crippen LogP contribution in [0.2, 0.25) is 10.0 Å². The summed E-state index contributed by atoms with van der Waals surface area (Å²) in [6.07, 6.45) is 0. The molecule has 0 saturated heterocycles. The van der Waals surface area contributed by atoms with E-state index in [2.05, 4.69) is 10.4 Å². The molecule has 0 aliphatic carbocycles. The first-order valence-corrected chi connectivity index (χ1v) is 9.46. The van der Waals surface area contributed by atoms with Crippen molar-refractivity contribution in [3.05, 3.63) is 86.7 Å². The zero-order valence-corrected chi connectivity index (χ0v) is 17.0. The Morgan fingerprint density at radius 3 is 2.48 bits per heavy atom. The lowest BCUT2D eigenvalue weighted by atomic mass is 10.1. The molecule has 140 valence electrons. The second-order valence-electron chi connectivity index (χ2n) is 6.56. The van der Waals surface area contributed by atoms with E-state index in [1.807, 2.05) is 61.9 Å². The highest BCUT2D eigenvalue weighted by atomic mass is 35.5. The van der Waals surface area contributed by atoms with Gasteiger partial charge >= 0.3 is 0 Å². The van der Waals surface area contributed by atoms with Gasteiger partial charge in [-0.25, -0.2) is 0 Å². The third-order valence-electron chi connectivity index (χ3n) is 4.57. The maximum atomic E-state index is 12.9. The van der Waals surface area contributed by atoms with Crippen LogP contribution in [0.1, 0.15) is 45.8 Å². The molecule has 3 rings (SSSR count). The minimum atomic E-state index is -0.205. The average molecular weight is 402 g/mol. The summed E-state index contributed by atoms with van der Waals surface area (Å²) in [7, 11) is 0. The van der Waals surface area contributed by atoms with Crippen molar-refractivity contribution in [1.29, 1.82) is 0 Å². The van der Waals surface area contributed by atoms with Crippen LogP contribution in [0.5, 0.6) is 0 Å². The number of halogens is 2. The van der Waals surface area contributed by atoms with E-state index < -0.39 is 0 Å². The Kier molecular flexibility index (Phi) is 5.88. The highest BCUT2D eigenvalue weighted by Crippen LogP contribution is 2.26. The summed E-state index contributed by atoms with van der Waals surface area (Å²) in [6.45, 7) is 6.31. The Balaban J connectivity index is 1.79. The predicted molar refractivity (Wildman–Crippen MR) is 110 cm³/mol. The van der Waals surface area contributed by atoms with Gasteiger partial charge in [0.25, 0.3) is 5.91 Å². The van der Waals surface area contributed by atoms with Gasteiger partial charge in [0.05, 0.1) is 33.9 Å². The Morgan fingerprint density at radius 1 is 1.11 bits per heavy atom. The molecule has 4 nitrogen and oxygen atoms in total. The molecule has 1 atom stereocenters. The number of carbonyl (C=O) groups excluding carboxylic acids is 1. The van der Waals surface area contributed by atoms with Gasteiger partial charge in [0.1, 0.15) is 0 Å². The van der Waals surface area contributed by atoms with Crippen LogP contribution in [0, 0.1) is 13.8 Å². The van der Waals surface area contributed by atoms with Crippen LogP contribution >= 0.6 is 23.2 Å². The molecule has 0 aliphatic heterocycles. The summed E-state index contributed by atoms with van der Waals surface area (Å²) < 4.78 is 1.86. The van der Waals surface area contributed by atoms with Gasteiger partial charge in [-0.15, -0.1) is 0 Å². The molecule has 3 aromatic rings. The molecule has 0 aliphatic rings. The first kappa shape index (κ1) is 19.5. The summed E-state index contributed by atoms with van der Waals surface area (Å²) >= 11 is 12.1. The molecule has 0 bridgehead atoms. The Hall–Kier alpha value is -2.30. The molecule has 2 aromatic carbocycles. The van der Waals surface area contributed by atoms with Crippen molar-refractivity contribution in [3.63, 3.8) is 0 Å². The van der Waals surface area contributed by atoms with Gasteiger partial charge in [-0.2, -0.15) is 5.10 Å². The minimum absolute atomic E-state index is 0.150. The number of hydrogen-bond acceptors (Lipinski definition) is 2. The summed E-state index contributed by atoms with van der Waals surface area (Å²) in [5.74, 6) is -0.150. The van der Waals surface area contributed by atoms with Crippen LogP contribution in [0.3, 0.4) is 0 Å². The van der Waals surface area contributed by atoms with Crippen LogP contribution < -0.4 is 5.32 Å². The van der Waals surface area contributed by atoms with Gasteiger partial charge < -0.3 is 5.32 Å². The van der Waals surface area contributed by atoms with Crippen molar-refractivity contribution in [2.75, 3.05) is 0 Å². The monoisotopic (exact) mass is 401 g/mol. The summed E-state index contributed by atoms with van der Waals surface area (Å²) in [6, 6.07) is 15.2. The number of hydrogen-bond donors (Lipinski definition) is 1. The fourth-order valence-corrected chi connectivity index (χ4v) is 3.38. The van der Waals surface area contributed by atoms with Gasteiger partial charge in [-0.1, -0.05) is 59.6 Å². The summed E-state index contributed by atoms with van der Waals surface area (Å²) in [5, 5.41) is 8.54. The van der Waals surface area contributed by atoms with Gasteiger partial charge in [0.2, 0.25) is 0 Å². The number of amides is 1. The minimum Gasteiger partial charge on any atom is -0.345 e. The van der Waals surface area contributed by atoms with Crippen LogP contribution in [0.25, 0.3) is 0 Å². The predicted octanol–water partition coefficient (Wildman–Crippen LogP) is 5.35. The van der Waals surface area contributed by atoms with Crippen LogP contribution in [0.4, 0.5) is 0 Å². The molecule has 0 saturated carbocycles. The number of nitrogens with zero attached hydrogens (tertiary/aromatic N) is 2. The van der Waals surface area contributed by atoms with Crippen LogP contribution in [-0.4, -0.2) is 15.7 Å². The fourth-order valence-electron chi connectivity index (χ4n) is 3.07. The van der Waals surface area contributed by atoms with E-state index in [9.17, 15) is 4.79 Å². The number of nitrogens with one attached hydrogen (secondary N) is 1. The molecule has 0 radical (unpaired) electrons. The molecule has 6 heteroatoms. The summed E-state index contributed by atoms with van der Waals surface area (Å²) in [5.41, 5.74) is 4.19. The SMILES string of the molecule is Cc1nn(Cc2ccccc2)c(C)c1C(=O)NC(C)c1ccc(Cl)c(Cl)c1. The highest BCUT2D eigenvalue weighted by molar-refractivity contribution is 6.42. The molecule has 0 spiro atoms. The lowest BCUT2D eigenvalue weighted by Gasteiger charge is -2.15. The van der Waals surface area contributed by atoms with Gasteiger partial charge in [0.15, 0.2) is 0 Å². The van der Waals surface area contributed by atoms with Crippen molar-refractivity contribution < 1.29 is 4.79 Å². The molecule has 1 amide bonds. The van der Waals surface area contributed by atoms with E-state index >= 15 is 0 Å². The number of benzene rings is 2. The van der Waals surface area contributed by atoms with Gasteiger partial charge in [-0.3, -0.25) is 9.48 Å². The number of carbonyl (C=O) groups is 1. The molecule has 1 unspecified atom stereocenters. The summed E-state index contributed by atoms with van der Waals surface area (Å²) in [4.78, 5) is 12.9. The van der Waals surface area contributed by atoms with E-state index in [1.54, 1.807) is 12.1 Å². The third-order valence-corrected chi connectivity index (χ3v) is 5.31. The smallest absolute Gasteiger partial charge is 0.255 e. The van der Waals surface area contributed by atoms with Crippen molar-refractivity contribution >= 4 is 29.1 Å². The molecular weight excluding hydrogens is 381 g/mol. The maximum Gasteiger partial charge on any atom is 0.255 e. The van der Waals surface area contributed by atoms with Crippen molar-refractivity contribution in [1.82, 2.24) is 15.1 Å². The zero-order chi connectivity index (χ0) is 19.6. The standard InChI is InChI=1S/C21H21Cl2N3O/c1-13(17-9-10-18(22)19(23)11-17)24-21(27)20-14(2)25-26(15(20)3)12-16-7-5-4-6-8-16/h4-11,13H,12H2,1-3H3,(H,24,27). The van der Waals surface area contributed by atoms with E-state index in [4.69, 9.17) is 23.2 Å². The Labute approximate surface area is 169 Å². The topological polar surface area (TPSA) is 46.9 Å². The number of rotatable bonds is 5. The van der Waals surface area contributed by atoms with E-state index in [0.717, 1.165) is 16.8 Å².